The zero-order valence-corrected chi connectivity index (χ0v) is 13.4. The van der Waals surface area contributed by atoms with Crippen LogP contribution in [0.2, 0.25) is 10.0 Å². The molecule has 100 valence electrons. The summed E-state index contributed by atoms with van der Waals surface area (Å²) >= 11 is 15.5. The van der Waals surface area contributed by atoms with Crippen LogP contribution in [0.1, 0.15) is 22.8 Å². The zero-order valence-electron chi connectivity index (χ0n) is 10.3. The minimum absolute atomic E-state index is 0.464. The number of aliphatic hydroxyl groups is 1. The number of aliphatic hydroxyl groups excluding tert-OH is 1. The van der Waals surface area contributed by atoms with Crippen LogP contribution in [0.15, 0.2) is 40.9 Å². The molecule has 0 amide bonds. The van der Waals surface area contributed by atoms with E-state index in [0.29, 0.717) is 16.5 Å². The molecule has 0 spiro atoms. The third-order valence-corrected chi connectivity index (χ3v) is 3.94. The van der Waals surface area contributed by atoms with Crippen molar-refractivity contribution in [2.24, 2.45) is 0 Å². The van der Waals surface area contributed by atoms with Crippen LogP contribution in [0.25, 0.3) is 0 Å². The predicted octanol–water partition coefficient (Wildman–Crippen LogP) is 5.34. The summed E-state index contributed by atoms with van der Waals surface area (Å²) in [5.74, 6) is 0. The molecule has 0 fully saturated rings. The summed E-state index contributed by atoms with van der Waals surface area (Å²) in [6, 6.07) is 11.2. The quantitative estimate of drug-likeness (QED) is 0.784. The number of hydrogen-bond donors (Lipinski definition) is 1. The first-order valence-corrected chi connectivity index (χ1v) is 7.39. The van der Waals surface area contributed by atoms with Gasteiger partial charge in [0.2, 0.25) is 0 Å². The molecule has 0 saturated carbocycles. The molecule has 1 N–H and O–H groups in total. The average Bonchev–Trinajstić information content (AvgIpc) is 2.31. The molecule has 0 radical (unpaired) electrons. The van der Waals surface area contributed by atoms with Gasteiger partial charge in [0.1, 0.15) is 0 Å². The first-order valence-electron chi connectivity index (χ1n) is 5.85. The molecule has 0 aliphatic heterocycles. The van der Waals surface area contributed by atoms with E-state index in [1.54, 1.807) is 6.07 Å². The normalized spacial score (nSPS) is 12.5. The van der Waals surface area contributed by atoms with E-state index in [4.69, 9.17) is 23.2 Å². The molecule has 4 heteroatoms. The molecule has 19 heavy (non-hydrogen) atoms. The van der Waals surface area contributed by atoms with Gasteiger partial charge < -0.3 is 5.11 Å². The van der Waals surface area contributed by atoms with Crippen molar-refractivity contribution >= 4 is 39.1 Å². The monoisotopic (exact) mass is 358 g/mol. The standard InChI is InChI=1S/C15H13BrCl2O/c1-9-4-11(6-13(17)5-9)15(19)7-10-2-3-12(16)8-14(10)18/h2-6,8,15,19H,7H2,1H3. The number of halogens is 3. The van der Waals surface area contributed by atoms with Crippen molar-refractivity contribution in [1.29, 1.82) is 0 Å². The molecule has 0 aliphatic rings. The molecule has 0 heterocycles. The second kappa shape index (κ2) is 6.27. The topological polar surface area (TPSA) is 20.2 Å². The Morgan fingerprint density at radius 1 is 1.16 bits per heavy atom. The van der Waals surface area contributed by atoms with Crippen LogP contribution in [0.3, 0.4) is 0 Å². The van der Waals surface area contributed by atoms with Crippen molar-refractivity contribution < 1.29 is 5.11 Å². The number of rotatable bonds is 3. The van der Waals surface area contributed by atoms with Crippen LogP contribution < -0.4 is 0 Å². The van der Waals surface area contributed by atoms with E-state index in [1.807, 2.05) is 37.3 Å². The van der Waals surface area contributed by atoms with Gasteiger partial charge in [-0.1, -0.05) is 51.3 Å². The van der Waals surface area contributed by atoms with Crippen molar-refractivity contribution in [3.05, 3.63) is 67.6 Å². The number of hydrogen-bond acceptors (Lipinski definition) is 1. The highest BCUT2D eigenvalue weighted by molar-refractivity contribution is 9.10. The van der Waals surface area contributed by atoms with Crippen LogP contribution in [-0.2, 0) is 6.42 Å². The molecule has 0 bridgehead atoms. The predicted molar refractivity (Wildman–Crippen MR) is 84.0 cm³/mol. The van der Waals surface area contributed by atoms with Crippen LogP contribution >= 0.6 is 39.1 Å². The number of aryl methyl sites for hydroxylation is 1. The third kappa shape index (κ3) is 3.96. The minimum atomic E-state index is -0.615. The van der Waals surface area contributed by atoms with Crippen LogP contribution in [0.5, 0.6) is 0 Å². The van der Waals surface area contributed by atoms with E-state index in [9.17, 15) is 5.11 Å². The highest BCUT2D eigenvalue weighted by Crippen LogP contribution is 2.28. The van der Waals surface area contributed by atoms with E-state index >= 15 is 0 Å². The van der Waals surface area contributed by atoms with Gasteiger partial charge in [-0.2, -0.15) is 0 Å². The molecule has 1 unspecified atom stereocenters. The molecule has 2 rings (SSSR count). The van der Waals surface area contributed by atoms with Gasteiger partial charge in [0.25, 0.3) is 0 Å². The van der Waals surface area contributed by atoms with Crippen molar-refractivity contribution in [1.82, 2.24) is 0 Å². The fraction of sp³-hybridized carbons (Fsp3) is 0.200. The molecule has 1 nitrogen and oxygen atoms in total. The second-order valence-electron chi connectivity index (χ2n) is 4.52. The van der Waals surface area contributed by atoms with Crippen LogP contribution in [0.4, 0.5) is 0 Å². The van der Waals surface area contributed by atoms with E-state index in [0.717, 1.165) is 21.2 Å². The Labute approximate surface area is 131 Å². The summed E-state index contributed by atoms with van der Waals surface area (Å²) < 4.78 is 0.925. The first-order chi connectivity index (χ1) is 8.95. The average molecular weight is 360 g/mol. The highest BCUT2D eigenvalue weighted by atomic mass is 79.9. The van der Waals surface area contributed by atoms with E-state index < -0.39 is 6.10 Å². The Morgan fingerprint density at radius 2 is 1.89 bits per heavy atom. The van der Waals surface area contributed by atoms with Crippen LogP contribution in [-0.4, -0.2) is 5.11 Å². The maximum atomic E-state index is 10.3. The van der Waals surface area contributed by atoms with Gasteiger partial charge in [-0.25, -0.2) is 0 Å². The van der Waals surface area contributed by atoms with Gasteiger partial charge in [-0.05, 0) is 47.9 Å². The van der Waals surface area contributed by atoms with Gasteiger partial charge in [0, 0.05) is 20.9 Å². The summed E-state index contributed by atoms with van der Waals surface area (Å²) in [5.41, 5.74) is 2.75. The van der Waals surface area contributed by atoms with Crippen molar-refractivity contribution in [3.63, 3.8) is 0 Å². The van der Waals surface area contributed by atoms with E-state index in [1.165, 1.54) is 0 Å². The van der Waals surface area contributed by atoms with Gasteiger partial charge in [-0.15, -0.1) is 0 Å². The molecule has 2 aromatic rings. The Bertz CT molecular complexity index is 578. The van der Waals surface area contributed by atoms with Crippen LogP contribution in [0, 0.1) is 6.92 Å². The Kier molecular flexibility index (Phi) is 4.91. The molecular weight excluding hydrogens is 347 g/mol. The third-order valence-electron chi connectivity index (χ3n) is 2.88. The highest BCUT2D eigenvalue weighted by Gasteiger charge is 2.12. The second-order valence-corrected chi connectivity index (χ2v) is 6.28. The van der Waals surface area contributed by atoms with E-state index in [-0.39, 0.29) is 0 Å². The van der Waals surface area contributed by atoms with Gasteiger partial charge in [0.05, 0.1) is 6.10 Å². The molecule has 0 saturated heterocycles. The lowest BCUT2D eigenvalue weighted by Gasteiger charge is -2.13. The molecule has 0 aromatic heterocycles. The van der Waals surface area contributed by atoms with Crippen molar-refractivity contribution in [2.45, 2.75) is 19.4 Å². The smallest absolute Gasteiger partial charge is 0.0831 e. The molecular formula is C15H13BrCl2O. The molecule has 2 aromatic carbocycles. The summed E-state index contributed by atoms with van der Waals surface area (Å²) in [5, 5.41) is 11.6. The summed E-state index contributed by atoms with van der Waals surface area (Å²) in [6.07, 6.45) is -0.151. The first kappa shape index (κ1) is 14.9. The molecule has 1 atom stereocenters. The lowest BCUT2D eigenvalue weighted by molar-refractivity contribution is 0.178. The van der Waals surface area contributed by atoms with Gasteiger partial charge in [0.15, 0.2) is 0 Å². The fourth-order valence-electron chi connectivity index (χ4n) is 1.97. The summed E-state index contributed by atoms with van der Waals surface area (Å²) in [7, 11) is 0. The number of benzene rings is 2. The Hall–Kier alpha value is -0.540. The zero-order chi connectivity index (χ0) is 14.0. The van der Waals surface area contributed by atoms with Crippen molar-refractivity contribution in [2.75, 3.05) is 0 Å². The lowest BCUT2D eigenvalue weighted by atomic mass is 10.00. The molecule has 0 aliphatic carbocycles. The Balaban J connectivity index is 2.22. The van der Waals surface area contributed by atoms with E-state index in [2.05, 4.69) is 15.9 Å². The van der Waals surface area contributed by atoms with Gasteiger partial charge >= 0.3 is 0 Å². The summed E-state index contributed by atoms with van der Waals surface area (Å²) in [4.78, 5) is 0. The Morgan fingerprint density at radius 3 is 2.53 bits per heavy atom. The van der Waals surface area contributed by atoms with Gasteiger partial charge in [-0.3, -0.25) is 0 Å². The minimum Gasteiger partial charge on any atom is -0.388 e. The maximum Gasteiger partial charge on any atom is 0.0831 e. The largest absolute Gasteiger partial charge is 0.388 e. The van der Waals surface area contributed by atoms with Crippen molar-refractivity contribution in [3.8, 4) is 0 Å². The summed E-state index contributed by atoms with van der Waals surface area (Å²) in [6.45, 7) is 1.95. The fourth-order valence-corrected chi connectivity index (χ4v) is 3.02. The lowest BCUT2D eigenvalue weighted by Crippen LogP contribution is -2.02. The maximum absolute atomic E-state index is 10.3. The SMILES string of the molecule is Cc1cc(Cl)cc(C(O)Cc2ccc(Br)cc2Cl)c1.